The van der Waals surface area contributed by atoms with Crippen molar-refractivity contribution < 1.29 is 17.9 Å². The van der Waals surface area contributed by atoms with Gasteiger partial charge in [0.2, 0.25) is 10.0 Å². The number of sulfonamides is 1. The summed E-state index contributed by atoms with van der Waals surface area (Å²) in [5, 5.41) is 3.16. The predicted molar refractivity (Wildman–Crippen MR) is 97.9 cm³/mol. The molecule has 0 spiro atoms. The molecule has 0 aromatic carbocycles. The van der Waals surface area contributed by atoms with E-state index in [9.17, 15) is 13.2 Å². The minimum absolute atomic E-state index is 0.300. The summed E-state index contributed by atoms with van der Waals surface area (Å²) in [4.78, 5) is 15.3. The highest BCUT2D eigenvalue weighted by molar-refractivity contribution is 7.91. The first-order chi connectivity index (χ1) is 11.6. The fraction of sp³-hybridized carbons (Fsp3) is 0.941. The molecule has 0 unspecified atom stereocenters. The molecule has 0 amide bonds. The van der Waals surface area contributed by atoms with Gasteiger partial charge >= 0.3 is 5.97 Å². The zero-order valence-electron chi connectivity index (χ0n) is 16.0. The molecule has 2 saturated heterocycles. The molecule has 2 fully saturated rings. The first-order valence-corrected chi connectivity index (χ1v) is 10.7. The fourth-order valence-electron chi connectivity index (χ4n) is 3.52. The van der Waals surface area contributed by atoms with Crippen molar-refractivity contribution in [2.24, 2.45) is 0 Å². The van der Waals surface area contributed by atoms with Gasteiger partial charge in [-0.1, -0.05) is 6.92 Å². The maximum absolute atomic E-state index is 13.4. The Morgan fingerprint density at radius 1 is 1.12 bits per heavy atom. The molecule has 7 nitrogen and oxygen atoms in total. The van der Waals surface area contributed by atoms with Gasteiger partial charge in [0.25, 0.3) is 0 Å². The van der Waals surface area contributed by atoms with E-state index in [-0.39, 0.29) is 0 Å². The van der Waals surface area contributed by atoms with Gasteiger partial charge in [-0.15, -0.1) is 0 Å². The molecule has 0 aliphatic carbocycles. The fourth-order valence-corrected chi connectivity index (χ4v) is 5.63. The van der Waals surface area contributed by atoms with Crippen LogP contribution in [0.15, 0.2) is 0 Å². The van der Waals surface area contributed by atoms with Crippen molar-refractivity contribution in [1.29, 1.82) is 0 Å². The normalized spacial score (nSPS) is 23.4. The molecule has 0 radical (unpaired) electrons. The van der Waals surface area contributed by atoms with Crippen LogP contribution >= 0.6 is 0 Å². The van der Waals surface area contributed by atoms with E-state index in [1.165, 1.54) is 4.31 Å². The number of esters is 1. The third-order valence-corrected chi connectivity index (χ3v) is 7.49. The van der Waals surface area contributed by atoms with E-state index in [0.717, 1.165) is 13.0 Å². The van der Waals surface area contributed by atoms with Crippen molar-refractivity contribution >= 4 is 16.0 Å². The first-order valence-electron chi connectivity index (χ1n) is 9.28. The number of hydrogen-bond donors (Lipinski definition) is 1. The van der Waals surface area contributed by atoms with E-state index >= 15 is 0 Å². The number of ether oxygens (including phenoxy) is 1. The number of nitrogens with one attached hydrogen (secondary N) is 1. The molecule has 1 N–H and O–H groups in total. The monoisotopic (exact) mass is 375 g/mol. The molecule has 25 heavy (non-hydrogen) atoms. The van der Waals surface area contributed by atoms with E-state index in [1.54, 1.807) is 20.8 Å². The second-order valence-electron chi connectivity index (χ2n) is 7.99. The number of rotatable bonds is 5. The first kappa shape index (κ1) is 20.6. The summed E-state index contributed by atoms with van der Waals surface area (Å²) < 4.78 is 32.5. The third-order valence-electron chi connectivity index (χ3n) is 4.88. The molecule has 2 rings (SSSR count). The number of likely N-dealkylation sites (tertiary alicyclic amines) is 1. The zero-order chi connectivity index (χ0) is 18.7. The van der Waals surface area contributed by atoms with Crippen molar-refractivity contribution in [2.75, 3.05) is 45.8 Å². The molecule has 0 atom stereocenters. The standard InChI is InChI=1S/C17H33N3O4S/c1-5-10-19-11-6-17(7-12-19,15(21)24-16(2,3)4)25(22,23)20-13-8-18-9-14-20/h18H,5-14H2,1-4H3. The van der Waals surface area contributed by atoms with Crippen molar-refractivity contribution in [3.05, 3.63) is 0 Å². The number of nitrogens with zero attached hydrogens (tertiary/aromatic N) is 2. The van der Waals surface area contributed by atoms with Crippen LogP contribution in [0.5, 0.6) is 0 Å². The molecule has 2 aliphatic rings. The molecule has 0 aromatic rings. The van der Waals surface area contributed by atoms with E-state index in [0.29, 0.717) is 52.1 Å². The molecule has 146 valence electrons. The highest BCUT2D eigenvalue weighted by Crippen LogP contribution is 2.36. The van der Waals surface area contributed by atoms with Crippen LogP contribution in [0.25, 0.3) is 0 Å². The molecule has 0 bridgehead atoms. The smallest absolute Gasteiger partial charge is 0.329 e. The molecular formula is C17H33N3O4S. The summed E-state index contributed by atoms with van der Waals surface area (Å²) in [6.07, 6.45) is 1.62. The van der Waals surface area contributed by atoms with E-state index < -0.39 is 26.3 Å². The van der Waals surface area contributed by atoms with Crippen LogP contribution in [-0.4, -0.2) is 79.8 Å². The van der Waals surface area contributed by atoms with Gasteiger partial charge in [0, 0.05) is 39.3 Å². The van der Waals surface area contributed by atoms with Gasteiger partial charge < -0.3 is 15.0 Å². The molecule has 2 aliphatic heterocycles. The molecule has 2 heterocycles. The predicted octanol–water partition coefficient (Wildman–Crippen LogP) is 0.808. The largest absolute Gasteiger partial charge is 0.459 e. The highest BCUT2D eigenvalue weighted by Gasteiger charge is 2.56. The lowest BCUT2D eigenvalue weighted by molar-refractivity contribution is -0.159. The third kappa shape index (κ3) is 4.53. The van der Waals surface area contributed by atoms with Gasteiger partial charge in [0.05, 0.1) is 0 Å². The van der Waals surface area contributed by atoms with Crippen LogP contribution in [0.1, 0.15) is 47.0 Å². The minimum atomic E-state index is -3.76. The quantitative estimate of drug-likeness (QED) is 0.717. The number of hydrogen-bond acceptors (Lipinski definition) is 6. The Hall–Kier alpha value is -0.700. The zero-order valence-corrected chi connectivity index (χ0v) is 16.8. The Kier molecular flexibility index (Phi) is 6.51. The van der Waals surface area contributed by atoms with Gasteiger partial charge in [0.1, 0.15) is 5.60 Å². The number of piperidine rings is 1. The van der Waals surface area contributed by atoms with Gasteiger partial charge in [-0.3, -0.25) is 4.79 Å². The second kappa shape index (κ2) is 7.90. The van der Waals surface area contributed by atoms with Gasteiger partial charge in [-0.2, -0.15) is 4.31 Å². The lowest BCUT2D eigenvalue weighted by Crippen LogP contribution is -2.62. The van der Waals surface area contributed by atoms with Crippen LogP contribution < -0.4 is 5.32 Å². The van der Waals surface area contributed by atoms with E-state index in [2.05, 4.69) is 17.1 Å². The lowest BCUT2D eigenvalue weighted by atomic mass is 9.95. The van der Waals surface area contributed by atoms with E-state index in [4.69, 9.17) is 4.74 Å². The molecule has 8 heteroatoms. The van der Waals surface area contributed by atoms with Crippen LogP contribution in [0.2, 0.25) is 0 Å². The second-order valence-corrected chi connectivity index (χ2v) is 10.2. The Morgan fingerprint density at radius 2 is 1.68 bits per heavy atom. The molecule has 0 saturated carbocycles. The maximum Gasteiger partial charge on any atom is 0.329 e. The maximum atomic E-state index is 13.4. The average Bonchev–Trinajstić information content (AvgIpc) is 2.55. The topological polar surface area (TPSA) is 79.0 Å². The summed E-state index contributed by atoms with van der Waals surface area (Å²) >= 11 is 0. The number of piperazine rings is 1. The van der Waals surface area contributed by atoms with Crippen molar-refractivity contribution in [2.45, 2.75) is 57.3 Å². The van der Waals surface area contributed by atoms with Crippen LogP contribution in [0.3, 0.4) is 0 Å². The Bertz CT molecular complexity index is 557. The SMILES string of the molecule is CCCN1CCC(C(=O)OC(C)(C)C)(S(=O)(=O)N2CCNCC2)CC1. The Morgan fingerprint density at radius 3 is 2.16 bits per heavy atom. The average molecular weight is 376 g/mol. The van der Waals surface area contributed by atoms with Gasteiger partial charge in [-0.05, 0) is 46.6 Å². The van der Waals surface area contributed by atoms with Crippen molar-refractivity contribution in [3.8, 4) is 0 Å². The van der Waals surface area contributed by atoms with Crippen LogP contribution in [0, 0.1) is 0 Å². The summed E-state index contributed by atoms with van der Waals surface area (Å²) in [5.74, 6) is -0.588. The van der Waals surface area contributed by atoms with Crippen molar-refractivity contribution in [3.63, 3.8) is 0 Å². The minimum Gasteiger partial charge on any atom is -0.459 e. The summed E-state index contributed by atoms with van der Waals surface area (Å²) in [6.45, 7) is 11.6. The molecule has 0 aromatic heterocycles. The number of carbonyl (C=O) groups is 1. The Labute approximate surface area is 152 Å². The number of carbonyl (C=O) groups excluding carboxylic acids is 1. The van der Waals surface area contributed by atoms with Crippen LogP contribution in [0.4, 0.5) is 0 Å². The van der Waals surface area contributed by atoms with Crippen molar-refractivity contribution in [1.82, 2.24) is 14.5 Å². The molecular weight excluding hydrogens is 342 g/mol. The lowest BCUT2D eigenvalue weighted by Gasteiger charge is -2.43. The summed E-state index contributed by atoms with van der Waals surface area (Å²) in [6, 6.07) is 0. The van der Waals surface area contributed by atoms with Gasteiger partial charge in [0.15, 0.2) is 4.75 Å². The summed E-state index contributed by atoms with van der Waals surface area (Å²) in [7, 11) is -3.76. The summed E-state index contributed by atoms with van der Waals surface area (Å²) in [5.41, 5.74) is -0.705. The van der Waals surface area contributed by atoms with Gasteiger partial charge in [-0.25, -0.2) is 8.42 Å². The highest BCUT2D eigenvalue weighted by atomic mass is 32.2. The Balaban J connectivity index is 2.30. The van der Waals surface area contributed by atoms with E-state index in [1.807, 2.05) is 0 Å². The van der Waals surface area contributed by atoms with Crippen LogP contribution in [-0.2, 0) is 19.6 Å².